The lowest BCUT2D eigenvalue weighted by molar-refractivity contribution is -0.307. The van der Waals surface area contributed by atoms with Crippen molar-refractivity contribution in [2.75, 3.05) is 19.8 Å². The highest BCUT2D eigenvalue weighted by atomic mass is 17.2. The molecule has 0 radical (unpaired) electrons. The minimum Gasteiger partial charge on any atom is -0.550 e. The highest BCUT2D eigenvalue weighted by Gasteiger charge is 2.07. The molecule has 0 aliphatic carbocycles. The molecule has 0 aromatic carbocycles. The highest BCUT2D eigenvalue weighted by molar-refractivity contribution is 5.76. The number of carbonyl (C=O) groups is 9. The molecular weight excluding hydrogens is 594 g/mol. The number of rotatable bonds is 18. The van der Waals surface area contributed by atoms with Crippen molar-refractivity contribution in [2.45, 2.75) is 38.5 Å². The maximum atomic E-state index is 10.5. The van der Waals surface area contributed by atoms with Crippen LogP contribution >= 0.6 is 0 Å². The van der Waals surface area contributed by atoms with E-state index in [2.05, 4.69) is 29.3 Å². The molecule has 15 N–H and O–H groups in total. The Bertz CT molecular complexity index is 752. The number of hydrogen-bond acceptors (Lipinski definition) is 18. The van der Waals surface area contributed by atoms with E-state index in [4.69, 9.17) is 15.3 Å². The van der Waals surface area contributed by atoms with Gasteiger partial charge in [0.05, 0.1) is 19.3 Å². The Morgan fingerprint density at radius 1 is 0.405 bits per heavy atom. The van der Waals surface area contributed by atoms with Gasteiger partial charge in [0.2, 0.25) is 0 Å². The van der Waals surface area contributed by atoms with E-state index in [1.807, 2.05) is 0 Å². The zero-order valence-corrected chi connectivity index (χ0v) is 22.6. The zero-order valence-electron chi connectivity index (χ0n) is 22.6. The fraction of sp³-hybridized carbons (Fsp3) is 0.500. The molecule has 0 fully saturated rings. The maximum absolute atomic E-state index is 10.5. The standard InChI is InChI=1S/3C6H8O7.3H3N/c3*7-4(8)1-2-6(11)13-12-3-5(9)10;;;/h3*1-3H2,(H,7,8)(H,9,10);3*1H3. The second kappa shape index (κ2) is 32.2. The third-order valence-electron chi connectivity index (χ3n) is 2.60. The van der Waals surface area contributed by atoms with Gasteiger partial charge in [0.15, 0.2) is 19.8 Å². The summed E-state index contributed by atoms with van der Waals surface area (Å²) < 4.78 is 0. The molecule has 0 atom stereocenters. The smallest absolute Gasteiger partial charge is 0.342 e. The van der Waals surface area contributed by atoms with Crippen molar-refractivity contribution >= 4 is 53.7 Å². The molecule has 42 heavy (non-hydrogen) atoms. The first-order valence-corrected chi connectivity index (χ1v) is 9.78. The molecule has 0 amide bonds. The molecule has 0 unspecified atom stereocenters. The molecule has 0 aliphatic rings. The van der Waals surface area contributed by atoms with E-state index >= 15 is 0 Å². The number of hydrogen-bond donors (Lipinski definition) is 6. The fourth-order valence-corrected chi connectivity index (χ4v) is 1.17. The first kappa shape index (κ1) is 49.9. The van der Waals surface area contributed by atoms with Gasteiger partial charge < -0.3 is 63.5 Å². The Morgan fingerprint density at radius 2 is 0.595 bits per heavy atom. The molecule has 0 rings (SSSR count). The molecule has 0 bridgehead atoms. The van der Waals surface area contributed by atoms with Crippen molar-refractivity contribution in [1.82, 2.24) is 18.5 Å². The summed E-state index contributed by atoms with van der Waals surface area (Å²) in [5.74, 6) is -10.9. The third kappa shape index (κ3) is 51.6. The van der Waals surface area contributed by atoms with Gasteiger partial charge in [-0.3, -0.25) is 14.7 Å². The van der Waals surface area contributed by atoms with E-state index in [0.717, 1.165) is 0 Å². The van der Waals surface area contributed by atoms with Gasteiger partial charge in [0.1, 0.15) is 0 Å². The average Bonchev–Trinajstić information content (AvgIpc) is 2.80. The highest BCUT2D eigenvalue weighted by Crippen LogP contribution is 1.93. The van der Waals surface area contributed by atoms with Crippen molar-refractivity contribution in [3.63, 3.8) is 0 Å². The van der Waals surface area contributed by atoms with E-state index in [1.165, 1.54) is 0 Å². The molecule has 24 heteroatoms. The van der Waals surface area contributed by atoms with Crippen molar-refractivity contribution < 1.29 is 103 Å². The number of carboxylic acid groups (broad SMARTS) is 6. The number of carboxylic acids is 6. The Morgan fingerprint density at radius 3 is 0.738 bits per heavy atom. The van der Waals surface area contributed by atoms with Gasteiger partial charge in [-0.15, -0.1) is 0 Å². The van der Waals surface area contributed by atoms with E-state index in [1.54, 1.807) is 0 Å². The van der Waals surface area contributed by atoms with E-state index in [0.29, 0.717) is 0 Å². The van der Waals surface area contributed by atoms with Crippen molar-refractivity contribution in [2.24, 2.45) is 0 Å². The van der Waals surface area contributed by atoms with Gasteiger partial charge in [-0.05, 0) is 19.3 Å². The van der Waals surface area contributed by atoms with Crippen LogP contribution in [0.4, 0.5) is 0 Å². The Balaban J connectivity index is -0.000000112. The molecular formula is C18H33N3O21. The van der Waals surface area contributed by atoms with E-state index < -0.39 is 112 Å². The average molecular weight is 627 g/mol. The van der Waals surface area contributed by atoms with Crippen molar-refractivity contribution in [3.8, 4) is 0 Å². The summed E-state index contributed by atoms with van der Waals surface area (Å²) in [7, 11) is 0. The van der Waals surface area contributed by atoms with Crippen LogP contribution in [0.5, 0.6) is 0 Å². The van der Waals surface area contributed by atoms with Crippen LogP contribution in [0.3, 0.4) is 0 Å². The number of quaternary nitrogens is 3. The molecule has 0 saturated heterocycles. The third-order valence-corrected chi connectivity index (χ3v) is 2.60. The lowest BCUT2D eigenvalue weighted by Crippen LogP contribution is -2.23. The minimum absolute atomic E-state index is 0. The van der Waals surface area contributed by atoms with Crippen LogP contribution in [-0.2, 0) is 72.5 Å². The van der Waals surface area contributed by atoms with Crippen LogP contribution < -0.4 is 33.8 Å². The van der Waals surface area contributed by atoms with Crippen LogP contribution in [0.15, 0.2) is 0 Å². The summed E-state index contributed by atoms with van der Waals surface area (Å²) in [6.07, 6.45) is -2.72. The van der Waals surface area contributed by atoms with Crippen LogP contribution in [-0.4, -0.2) is 88.9 Å². The summed E-state index contributed by atoms with van der Waals surface area (Å²) in [5.41, 5.74) is 0. The molecule has 24 nitrogen and oxygen atoms in total. The second-order valence-electron chi connectivity index (χ2n) is 5.95. The summed E-state index contributed by atoms with van der Waals surface area (Å²) in [6, 6.07) is 0. The predicted octanol–water partition coefficient (Wildman–Crippen LogP) is -4.64. The van der Waals surface area contributed by atoms with E-state index in [-0.39, 0.29) is 18.5 Å². The lowest BCUT2D eigenvalue weighted by Gasteiger charge is -2.01. The van der Waals surface area contributed by atoms with Crippen molar-refractivity contribution in [1.29, 1.82) is 0 Å². The van der Waals surface area contributed by atoms with Gasteiger partial charge in [0.25, 0.3) is 0 Å². The number of carbonyl (C=O) groups excluding carboxylic acids is 6. The van der Waals surface area contributed by atoms with Crippen LogP contribution in [0, 0.1) is 0 Å². The maximum Gasteiger partial charge on any atom is 0.342 e. The van der Waals surface area contributed by atoms with Crippen LogP contribution in [0.25, 0.3) is 0 Å². The van der Waals surface area contributed by atoms with Gasteiger partial charge in [0, 0.05) is 17.9 Å². The molecule has 0 saturated carbocycles. The molecule has 246 valence electrons. The first-order valence-electron chi connectivity index (χ1n) is 9.78. The molecule has 0 aliphatic heterocycles. The predicted molar refractivity (Wildman–Crippen MR) is 120 cm³/mol. The quantitative estimate of drug-likeness (QED) is 0.0614. The van der Waals surface area contributed by atoms with Gasteiger partial charge in [-0.25, -0.2) is 28.8 Å². The summed E-state index contributed by atoms with van der Waals surface area (Å²) >= 11 is 0. The second-order valence-corrected chi connectivity index (χ2v) is 5.95. The van der Waals surface area contributed by atoms with Gasteiger partial charge in [-0.2, -0.15) is 14.7 Å². The van der Waals surface area contributed by atoms with E-state index in [9.17, 15) is 58.5 Å². The largest absolute Gasteiger partial charge is 0.550 e. The Hall–Kier alpha value is -5.01. The summed E-state index contributed by atoms with van der Waals surface area (Å²) in [4.78, 5) is 114. The first-order chi connectivity index (χ1) is 18.1. The molecule has 0 aromatic rings. The zero-order chi connectivity index (χ0) is 30.8. The molecule has 0 aromatic heterocycles. The van der Waals surface area contributed by atoms with Crippen LogP contribution in [0.1, 0.15) is 38.5 Å². The lowest BCUT2D eigenvalue weighted by atomic mass is 10.3. The fourth-order valence-electron chi connectivity index (χ4n) is 1.17. The van der Waals surface area contributed by atoms with Gasteiger partial charge >= 0.3 is 35.8 Å². The Labute approximate surface area is 234 Å². The monoisotopic (exact) mass is 627 g/mol. The summed E-state index contributed by atoms with van der Waals surface area (Å²) in [6.45, 7) is -2.34. The van der Waals surface area contributed by atoms with Crippen molar-refractivity contribution in [3.05, 3.63) is 0 Å². The summed E-state index contributed by atoms with van der Waals surface area (Å²) in [5, 5.41) is 53.6. The molecule has 0 heterocycles. The van der Waals surface area contributed by atoms with Crippen LogP contribution in [0.2, 0.25) is 0 Å². The van der Waals surface area contributed by atoms with Gasteiger partial charge in [-0.1, -0.05) is 0 Å². The SMILES string of the molecule is O=C([O-])CCC(=O)OOCC(=O)O.O=C([O-])CCC(=O)OOCC(=O)O.O=C([O-])CCC(=O)OOCC(=O)O.[NH4+].[NH4+].[NH4+]. The normalized spacial score (nSPS) is 8.57. The Kier molecular flexibility index (Phi) is 38.3. The topological polar surface area (TPSA) is 448 Å². The minimum atomic E-state index is -1.39. The molecule has 0 spiro atoms. The number of aliphatic carboxylic acids is 6.